The summed E-state index contributed by atoms with van der Waals surface area (Å²) in [5, 5.41) is 68.2. The molecule has 0 aromatic heterocycles. The summed E-state index contributed by atoms with van der Waals surface area (Å²) in [6.45, 7) is 1.43. The van der Waals surface area contributed by atoms with Gasteiger partial charge in [-0.2, -0.15) is 0 Å². The van der Waals surface area contributed by atoms with Gasteiger partial charge in [-0.1, -0.05) is 67.8 Å². The molecule has 0 aromatic rings. The number of carbonyl (C=O) groups is 2. The van der Waals surface area contributed by atoms with E-state index >= 15 is 0 Å². The van der Waals surface area contributed by atoms with Crippen molar-refractivity contribution in [1.29, 1.82) is 0 Å². The highest BCUT2D eigenvalue weighted by atomic mass is 79.9. The number of hydrogen-bond acceptors (Lipinski definition) is 10. The second-order valence-electron chi connectivity index (χ2n) is 12.0. The molecule has 4 unspecified atom stereocenters. The average Bonchev–Trinajstić information content (AvgIpc) is 3.00. The first-order valence-electron chi connectivity index (χ1n) is 16.0. The molecule has 3 aliphatic rings. The second-order valence-corrected chi connectivity index (χ2v) is 12.8. The van der Waals surface area contributed by atoms with E-state index in [4.69, 9.17) is 9.47 Å². The van der Waals surface area contributed by atoms with Crippen LogP contribution in [0.1, 0.15) is 103 Å². The molecule has 2 aliphatic heterocycles. The molecule has 3 fully saturated rings. The summed E-state index contributed by atoms with van der Waals surface area (Å²) in [5.74, 6) is -1.91. The van der Waals surface area contributed by atoms with Crippen LogP contribution in [0.2, 0.25) is 0 Å². The molecule has 1 aliphatic carbocycles. The Kier molecular flexibility index (Phi) is 17.4. The summed E-state index contributed by atoms with van der Waals surface area (Å²) < 4.78 is 11.3. The first-order chi connectivity index (χ1) is 20.5. The van der Waals surface area contributed by atoms with E-state index in [0.717, 1.165) is 50.3 Å². The Morgan fingerprint density at radius 1 is 0.953 bits per heavy atom. The number of rotatable bonds is 24. The molecule has 8 atom stereocenters. The molecule has 2 heterocycles. The van der Waals surface area contributed by atoms with Crippen molar-refractivity contribution in [2.24, 2.45) is 0 Å². The molecule has 2 amide bonds. The first kappa shape index (κ1) is 38.3. The molecular formula is C30H55BrN2O10. The van der Waals surface area contributed by atoms with E-state index in [1.165, 1.54) is 19.3 Å². The van der Waals surface area contributed by atoms with Gasteiger partial charge in [-0.15, -0.1) is 0 Å². The lowest BCUT2D eigenvalue weighted by atomic mass is 9.64. The zero-order valence-electron chi connectivity index (χ0n) is 25.6. The number of hydrogen-bond donors (Lipinski definition) is 8. The Balaban J connectivity index is 1.63. The van der Waals surface area contributed by atoms with Gasteiger partial charge in [-0.3, -0.25) is 9.59 Å². The largest absolute Gasteiger partial charge is 0.394 e. The van der Waals surface area contributed by atoms with Crippen molar-refractivity contribution in [1.82, 2.24) is 10.6 Å². The van der Waals surface area contributed by atoms with Crippen LogP contribution in [0.15, 0.2) is 0 Å². The van der Waals surface area contributed by atoms with E-state index in [0.29, 0.717) is 19.4 Å². The maximum absolute atomic E-state index is 12.7. The van der Waals surface area contributed by atoms with Crippen molar-refractivity contribution < 1.29 is 49.7 Å². The second kappa shape index (κ2) is 19.6. The van der Waals surface area contributed by atoms with E-state index in [-0.39, 0.29) is 37.7 Å². The van der Waals surface area contributed by atoms with Gasteiger partial charge in [0, 0.05) is 31.1 Å². The Morgan fingerprint density at radius 3 is 2.12 bits per heavy atom. The fourth-order valence-electron chi connectivity index (χ4n) is 5.74. The number of fused-ring (bicyclic) bond motifs is 2. The Hall–Kier alpha value is -0.900. The SMILES string of the molecule is CC[C@@H](O)[C@@H](O)[C@H](COC12CC(O)(C1O)[C@@H](O)C(CO)O2)NC(=O)CCCCCCCCNC(=O)CCCCCCCBr. The zero-order valence-corrected chi connectivity index (χ0v) is 27.2. The van der Waals surface area contributed by atoms with Crippen LogP contribution >= 0.6 is 15.9 Å². The van der Waals surface area contributed by atoms with Crippen molar-refractivity contribution in [3.63, 3.8) is 0 Å². The third-order valence-electron chi connectivity index (χ3n) is 8.58. The van der Waals surface area contributed by atoms with Gasteiger partial charge in [0.2, 0.25) is 17.6 Å². The van der Waals surface area contributed by atoms with Crippen LogP contribution in [0.3, 0.4) is 0 Å². The van der Waals surface area contributed by atoms with Gasteiger partial charge in [0.1, 0.15) is 30.0 Å². The molecule has 2 saturated heterocycles. The third kappa shape index (κ3) is 11.4. The Morgan fingerprint density at radius 2 is 1.53 bits per heavy atom. The van der Waals surface area contributed by atoms with E-state index in [9.17, 15) is 40.2 Å². The number of ether oxygens (including phenoxy) is 2. The van der Waals surface area contributed by atoms with Crippen molar-refractivity contribution in [3.8, 4) is 0 Å². The summed E-state index contributed by atoms with van der Waals surface area (Å²) >= 11 is 3.42. The molecule has 3 rings (SSSR count). The molecule has 1 saturated carbocycles. The highest BCUT2D eigenvalue weighted by Gasteiger charge is 2.74. The van der Waals surface area contributed by atoms with Crippen LogP contribution in [-0.4, -0.2) is 115 Å². The lowest BCUT2D eigenvalue weighted by molar-refractivity contribution is -0.461. The molecule has 2 bridgehead atoms. The predicted octanol–water partition coefficient (Wildman–Crippen LogP) is 1.15. The monoisotopic (exact) mass is 682 g/mol. The summed E-state index contributed by atoms with van der Waals surface area (Å²) in [4.78, 5) is 24.6. The number of nitrogens with one attached hydrogen (secondary N) is 2. The maximum atomic E-state index is 12.7. The number of carbonyl (C=O) groups excluding carboxylic acids is 2. The summed E-state index contributed by atoms with van der Waals surface area (Å²) in [5.41, 5.74) is -1.90. The van der Waals surface area contributed by atoms with E-state index < -0.39 is 54.6 Å². The fraction of sp³-hybridized carbons (Fsp3) is 0.933. The van der Waals surface area contributed by atoms with Gasteiger partial charge in [-0.25, -0.2) is 0 Å². The number of halogens is 1. The number of alkyl halides is 1. The number of unbranched alkanes of at least 4 members (excludes halogenated alkanes) is 9. The molecule has 0 spiro atoms. The molecule has 12 nitrogen and oxygen atoms in total. The number of aliphatic hydroxyl groups excluding tert-OH is 5. The molecule has 43 heavy (non-hydrogen) atoms. The highest BCUT2D eigenvalue weighted by Crippen LogP contribution is 2.53. The van der Waals surface area contributed by atoms with Crippen LogP contribution < -0.4 is 10.6 Å². The third-order valence-corrected chi connectivity index (χ3v) is 9.14. The Bertz CT molecular complexity index is 826. The molecule has 13 heteroatoms. The average molecular weight is 684 g/mol. The van der Waals surface area contributed by atoms with Gasteiger partial charge in [0.05, 0.1) is 25.4 Å². The molecule has 0 radical (unpaired) electrons. The van der Waals surface area contributed by atoms with Gasteiger partial charge in [-0.05, 0) is 32.1 Å². The topological polar surface area (TPSA) is 198 Å². The molecule has 8 N–H and O–H groups in total. The predicted molar refractivity (Wildman–Crippen MR) is 163 cm³/mol. The van der Waals surface area contributed by atoms with Gasteiger partial charge in [0.25, 0.3) is 0 Å². The van der Waals surface area contributed by atoms with Crippen LogP contribution in [0, 0.1) is 0 Å². The van der Waals surface area contributed by atoms with Crippen molar-refractivity contribution in [2.45, 2.75) is 151 Å². The minimum Gasteiger partial charge on any atom is -0.394 e. The van der Waals surface area contributed by atoms with Crippen molar-refractivity contribution >= 4 is 27.7 Å². The van der Waals surface area contributed by atoms with E-state index in [1.54, 1.807) is 6.92 Å². The lowest BCUT2D eigenvalue weighted by Gasteiger charge is -2.63. The standard InChI is InChI=1S/C30H55BrN2O10/c1-2-22(35)26(38)21(19-42-30-20-29(41,28(30)40)27(39)23(18-34)43-30)33-25(37)15-11-6-3-4-9-13-17-32-24(36)14-10-7-5-8-12-16-31/h21-23,26-28,34-35,38-41H,2-20H2,1H3,(H,32,36)(H,33,37)/t21-,22+,23?,26-,27-,28?,29?,30?/m0/s1. The summed E-state index contributed by atoms with van der Waals surface area (Å²) in [6, 6.07) is -1.02. The molecule has 252 valence electrons. The van der Waals surface area contributed by atoms with Crippen molar-refractivity contribution in [3.05, 3.63) is 0 Å². The lowest BCUT2D eigenvalue weighted by Crippen LogP contribution is -2.83. The van der Waals surface area contributed by atoms with Gasteiger partial charge >= 0.3 is 0 Å². The molecular weight excluding hydrogens is 628 g/mol. The summed E-state index contributed by atoms with van der Waals surface area (Å²) in [7, 11) is 0. The number of amides is 2. The van der Waals surface area contributed by atoms with Crippen LogP contribution in [0.4, 0.5) is 0 Å². The quantitative estimate of drug-likeness (QED) is 0.0540. The maximum Gasteiger partial charge on any atom is 0.220 e. The fourth-order valence-corrected chi connectivity index (χ4v) is 6.14. The zero-order chi connectivity index (χ0) is 31.9. The minimum atomic E-state index is -1.90. The van der Waals surface area contributed by atoms with Crippen LogP contribution in [-0.2, 0) is 19.1 Å². The van der Waals surface area contributed by atoms with E-state index in [2.05, 4.69) is 26.6 Å². The molecule has 0 aromatic carbocycles. The highest BCUT2D eigenvalue weighted by molar-refractivity contribution is 9.09. The normalized spacial score (nSPS) is 28.5. The Labute approximate surface area is 264 Å². The van der Waals surface area contributed by atoms with Gasteiger partial charge in [0.15, 0.2) is 0 Å². The van der Waals surface area contributed by atoms with Crippen LogP contribution in [0.5, 0.6) is 0 Å². The van der Waals surface area contributed by atoms with Gasteiger partial charge < -0.3 is 50.7 Å². The van der Waals surface area contributed by atoms with E-state index in [1.807, 2.05) is 0 Å². The first-order valence-corrected chi connectivity index (χ1v) is 17.2. The van der Waals surface area contributed by atoms with Crippen LogP contribution in [0.25, 0.3) is 0 Å². The summed E-state index contributed by atoms with van der Waals surface area (Å²) in [6.07, 6.45) is 5.00. The van der Waals surface area contributed by atoms with Crippen molar-refractivity contribution in [2.75, 3.05) is 25.1 Å². The minimum absolute atomic E-state index is 0.122. The number of aliphatic hydroxyl groups is 6. The smallest absolute Gasteiger partial charge is 0.220 e.